The molecule has 142 valence electrons. The van der Waals surface area contributed by atoms with Crippen LogP contribution >= 0.6 is 0 Å². The summed E-state index contributed by atoms with van der Waals surface area (Å²) in [5.74, 6) is -0.434. The molecule has 0 aromatic heterocycles. The summed E-state index contributed by atoms with van der Waals surface area (Å²) in [5.41, 5.74) is 1.38. The fourth-order valence-electron chi connectivity index (χ4n) is 3.30. The van der Waals surface area contributed by atoms with Gasteiger partial charge in [0.25, 0.3) is 0 Å². The molecule has 1 aliphatic rings. The lowest BCUT2D eigenvalue weighted by molar-refractivity contribution is -0.129. The van der Waals surface area contributed by atoms with E-state index in [-0.39, 0.29) is 23.7 Å². The average molecular weight is 369 g/mol. The van der Waals surface area contributed by atoms with Gasteiger partial charge in [-0.2, -0.15) is 0 Å². The van der Waals surface area contributed by atoms with E-state index in [1.165, 1.54) is 24.3 Å². The van der Waals surface area contributed by atoms with Crippen LogP contribution in [0.4, 0.5) is 10.1 Å². The van der Waals surface area contributed by atoms with E-state index in [0.717, 1.165) is 12.0 Å². The van der Waals surface area contributed by atoms with Crippen molar-refractivity contribution in [2.24, 2.45) is 0 Å². The van der Waals surface area contributed by atoms with Gasteiger partial charge in [0.05, 0.1) is 0 Å². The molecule has 1 heterocycles. The number of benzene rings is 2. The van der Waals surface area contributed by atoms with Gasteiger partial charge in [-0.3, -0.25) is 14.9 Å². The van der Waals surface area contributed by atoms with Crippen molar-refractivity contribution in [3.8, 4) is 0 Å². The Bertz CT molecular complexity index is 780. The Morgan fingerprint density at radius 3 is 2.52 bits per heavy atom. The molecular formula is C21H24FN3O2. The van der Waals surface area contributed by atoms with Crippen LogP contribution in [0, 0.1) is 5.82 Å². The fourth-order valence-corrected chi connectivity index (χ4v) is 3.30. The lowest BCUT2D eigenvalue weighted by Gasteiger charge is -2.23. The monoisotopic (exact) mass is 369 g/mol. The highest BCUT2D eigenvalue weighted by molar-refractivity contribution is 5.95. The van der Waals surface area contributed by atoms with E-state index in [1.54, 1.807) is 0 Å². The Morgan fingerprint density at radius 2 is 1.85 bits per heavy atom. The van der Waals surface area contributed by atoms with Gasteiger partial charge in [-0.25, -0.2) is 4.39 Å². The van der Waals surface area contributed by atoms with Crippen LogP contribution in [0.25, 0.3) is 0 Å². The van der Waals surface area contributed by atoms with E-state index in [1.807, 2.05) is 42.2 Å². The lowest BCUT2D eigenvalue weighted by Crippen LogP contribution is -2.41. The molecule has 1 fully saturated rings. The molecule has 2 N–H and O–H groups in total. The number of nitrogens with zero attached hydrogens (tertiary/aromatic N) is 1. The SMILES string of the molecule is CCC(=O)N1CC[C@H](N[C@H](C(=O)Nc2ccc(F)cc2)c2ccccc2)C1. The van der Waals surface area contributed by atoms with Crippen LogP contribution in [0.1, 0.15) is 31.4 Å². The minimum absolute atomic E-state index is 0.0460. The van der Waals surface area contributed by atoms with Gasteiger partial charge in [0, 0.05) is 31.2 Å². The first-order chi connectivity index (χ1) is 13.1. The Labute approximate surface area is 158 Å². The molecule has 27 heavy (non-hydrogen) atoms. The third-order valence-electron chi connectivity index (χ3n) is 4.75. The minimum atomic E-state index is -0.557. The van der Waals surface area contributed by atoms with E-state index < -0.39 is 6.04 Å². The third kappa shape index (κ3) is 4.92. The number of amides is 2. The first-order valence-corrected chi connectivity index (χ1v) is 9.22. The molecule has 2 atom stereocenters. The summed E-state index contributed by atoms with van der Waals surface area (Å²) < 4.78 is 13.1. The molecular weight excluding hydrogens is 345 g/mol. The number of hydrogen-bond acceptors (Lipinski definition) is 3. The Balaban J connectivity index is 1.72. The Kier molecular flexibility index (Phi) is 6.19. The second-order valence-electron chi connectivity index (χ2n) is 6.69. The summed E-state index contributed by atoms with van der Waals surface area (Å²) in [4.78, 5) is 26.6. The number of likely N-dealkylation sites (tertiary alicyclic amines) is 1. The van der Waals surface area contributed by atoms with Gasteiger partial charge in [-0.05, 0) is 36.2 Å². The van der Waals surface area contributed by atoms with E-state index in [9.17, 15) is 14.0 Å². The second-order valence-corrected chi connectivity index (χ2v) is 6.69. The van der Waals surface area contributed by atoms with Crippen molar-refractivity contribution in [2.45, 2.75) is 31.8 Å². The van der Waals surface area contributed by atoms with E-state index in [0.29, 0.717) is 25.2 Å². The number of nitrogens with one attached hydrogen (secondary N) is 2. The number of carbonyl (C=O) groups excluding carboxylic acids is 2. The smallest absolute Gasteiger partial charge is 0.246 e. The summed E-state index contributed by atoms with van der Waals surface area (Å²) in [5, 5.41) is 6.23. The minimum Gasteiger partial charge on any atom is -0.341 e. The predicted molar refractivity (Wildman–Crippen MR) is 103 cm³/mol. The quantitative estimate of drug-likeness (QED) is 0.823. The van der Waals surface area contributed by atoms with Crippen molar-refractivity contribution in [3.63, 3.8) is 0 Å². The molecule has 0 radical (unpaired) electrons. The molecule has 1 saturated heterocycles. The summed E-state index contributed by atoms with van der Waals surface area (Å²) in [6.45, 7) is 3.15. The van der Waals surface area contributed by atoms with Crippen LogP contribution in [-0.4, -0.2) is 35.8 Å². The third-order valence-corrected chi connectivity index (χ3v) is 4.75. The summed E-state index contributed by atoms with van der Waals surface area (Å²) in [6.07, 6.45) is 1.29. The summed E-state index contributed by atoms with van der Waals surface area (Å²) >= 11 is 0. The number of rotatable bonds is 6. The first-order valence-electron chi connectivity index (χ1n) is 9.22. The van der Waals surface area contributed by atoms with Crippen molar-refractivity contribution in [1.82, 2.24) is 10.2 Å². The molecule has 1 aliphatic heterocycles. The van der Waals surface area contributed by atoms with Crippen LogP contribution in [0.2, 0.25) is 0 Å². The molecule has 0 aliphatic carbocycles. The van der Waals surface area contributed by atoms with Crippen LogP contribution in [0.15, 0.2) is 54.6 Å². The molecule has 0 bridgehead atoms. The van der Waals surface area contributed by atoms with Crippen LogP contribution in [0.3, 0.4) is 0 Å². The summed E-state index contributed by atoms with van der Waals surface area (Å²) in [7, 11) is 0. The summed E-state index contributed by atoms with van der Waals surface area (Å²) in [6, 6.07) is 14.6. The Morgan fingerprint density at radius 1 is 1.15 bits per heavy atom. The molecule has 2 amide bonds. The molecule has 0 unspecified atom stereocenters. The number of hydrogen-bond donors (Lipinski definition) is 2. The fraction of sp³-hybridized carbons (Fsp3) is 0.333. The van der Waals surface area contributed by atoms with E-state index in [2.05, 4.69) is 10.6 Å². The van der Waals surface area contributed by atoms with Crippen LogP contribution < -0.4 is 10.6 Å². The maximum Gasteiger partial charge on any atom is 0.246 e. The molecule has 3 rings (SSSR count). The average Bonchev–Trinajstić information content (AvgIpc) is 3.16. The van der Waals surface area contributed by atoms with Gasteiger partial charge in [0.15, 0.2) is 0 Å². The van der Waals surface area contributed by atoms with Gasteiger partial charge in [0.1, 0.15) is 11.9 Å². The number of halogens is 1. The molecule has 2 aromatic rings. The molecule has 0 spiro atoms. The normalized spacial score (nSPS) is 17.6. The first kappa shape index (κ1) is 19.0. The maximum absolute atomic E-state index is 13.1. The highest BCUT2D eigenvalue weighted by atomic mass is 19.1. The standard InChI is InChI=1S/C21H24FN3O2/c1-2-19(26)25-13-12-18(14-25)23-20(15-6-4-3-5-7-15)21(27)24-17-10-8-16(22)9-11-17/h3-11,18,20,23H,2,12-14H2,1H3,(H,24,27)/t18-,20-/m0/s1. The molecule has 5 nitrogen and oxygen atoms in total. The van der Waals surface area contributed by atoms with Gasteiger partial charge < -0.3 is 10.2 Å². The molecule has 0 saturated carbocycles. The van der Waals surface area contributed by atoms with Crippen LogP contribution in [-0.2, 0) is 9.59 Å². The zero-order valence-corrected chi connectivity index (χ0v) is 15.3. The van der Waals surface area contributed by atoms with Crippen molar-refractivity contribution >= 4 is 17.5 Å². The van der Waals surface area contributed by atoms with Gasteiger partial charge in [-0.15, -0.1) is 0 Å². The van der Waals surface area contributed by atoms with E-state index >= 15 is 0 Å². The highest BCUT2D eigenvalue weighted by Gasteiger charge is 2.30. The van der Waals surface area contributed by atoms with Crippen molar-refractivity contribution < 1.29 is 14.0 Å². The van der Waals surface area contributed by atoms with E-state index in [4.69, 9.17) is 0 Å². The maximum atomic E-state index is 13.1. The van der Waals surface area contributed by atoms with Crippen molar-refractivity contribution in [1.29, 1.82) is 0 Å². The second kappa shape index (κ2) is 8.77. The number of carbonyl (C=O) groups is 2. The van der Waals surface area contributed by atoms with Crippen molar-refractivity contribution in [2.75, 3.05) is 18.4 Å². The molecule has 2 aromatic carbocycles. The zero-order chi connectivity index (χ0) is 19.2. The zero-order valence-electron chi connectivity index (χ0n) is 15.3. The highest BCUT2D eigenvalue weighted by Crippen LogP contribution is 2.20. The van der Waals surface area contributed by atoms with Crippen molar-refractivity contribution in [3.05, 3.63) is 66.0 Å². The van der Waals surface area contributed by atoms with Gasteiger partial charge in [-0.1, -0.05) is 37.3 Å². The van der Waals surface area contributed by atoms with Gasteiger partial charge in [0.2, 0.25) is 11.8 Å². The lowest BCUT2D eigenvalue weighted by atomic mass is 10.0. The topological polar surface area (TPSA) is 61.4 Å². The largest absolute Gasteiger partial charge is 0.341 e. The molecule has 6 heteroatoms. The van der Waals surface area contributed by atoms with Gasteiger partial charge >= 0.3 is 0 Å². The van der Waals surface area contributed by atoms with Crippen LogP contribution in [0.5, 0.6) is 0 Å². The Hall–Kier alpha value is -2.73. The predicted octanol–water partition coefficient (Wildman–Crippen LogP) is 3.11. The number of anilines is 1.